The molecule has 2 atom stereocenters. The van der Waals surface area contributed by atoms with Crippen molar-refractivity contribution in [1.29, 1.82) is 0 Å². The van der Waals surface area contributed by atoms with Gasteiger partial charge in [0.2, 0.25) is 5.71 Å². The number of nitrogens with one attached hydrogen (secondary N) is 1. The van der Waals surface area contributed by atoms with E-state index in [0.717, 1.165) is 4.90 Å². The summed E-state index contributed by atoms with van der Waals surface area (Å²) in [5.41, 5.74) is -0.118. The zero-order valence-corrected chi connectivity index (χ0v) is 14.4. The fourth-order valence-corrected chi connectivity index (χ4v) is 4.05. The second-order valence-electron chi connectivity index (χ2n) is 5.38. The van der Waals surface area contributed by atoms with E-state index in [1.807, 2.05) is 0 Å². The topological polar surface area (TPSA) is 142 Å². The molecule has 0 bridgehead atoms. The van der Waals surface area contributed by atoms with Crippen molar-refractivity contribution in [1.82, 2.24) is 10.2 Å². The lowest BCUT2D eigenvalue weighted by atomic mass is 10.0. The fourth-order valence-electron chi connectivity index (χ4n) is 2.72. The van der Waals surface area contributed by atoms with E-state index in [0.29, 0.717) is 0 Å². The van der Waals surface area contributed by atoms with Gasteiger partial charge in [0.1, 0.15) is 24.2 Å². The number of rotatable bonds is 6. The number of carbonyl (C=O) groups excluding carboxylic acids is 2. The number of carboxylic acid groups (broad SMARTS) is 1. The van der Waals surface area contributed by atoms with Crippen LogP contribution in [0.2, 0.25) is 0 Å². The highest BCUT2D eigenvalue weighted by molar-refractivity contribution is 8.00. The third-order valence-electron chi connectivity index (χ3n) is 3.88. The van der Waals surface area contributed by atoms with Crippen molar-refractivity contribution >= 4 is 35.3 Å². The van der Waals surface area contributed by atoms with Gasteiger partial charge in [0, 0.05) is 5.75 Å². The molecule has 3 heterocycles. The van der Waals surface area contributed by atoms with Crippen LogP contribution in [0.4, 0.5) is 0 Å². The molecule has 2 aliphatic heterocycles. The summed E-state index contributed by atoms with van der Waals surface area (Å²) < 4.78 is 5.13. The van der Waals surface area contributed by atoms with Crippen LogP contribution in [0.5, 0.6) is 0 Å². The number of thioether (sulfide) groups is 1. The summed E-state index contributed by atoms with van der Waals surface area (Å²) in [6, 6.07) is 2.17. The summed E-state index contributed by atoms with van der Waals surface area (Å²) in [5, 5.41) is 24.2. The Bertz CT molecular complexity index is 802. The number of nitrogens with zero attached hydrogens (tertiary/aromatic N) is 2. The number of oxime groups is 1. The Labute approximate surface area is 151 Å². The molecule has 0 spiro atoms. The highest BCUT2D eigenvalue weighted by Gasteiger charge is 2.54. The smallest absolute Gasteiger partial charge is 0.352 e. The first-order valence-electron chi connectivity index (χ1n) is 7.46. The number of hydrogen-bond donors (Lipinski definition) is 3. The monoisotopic (exact) mass is 381 g/mol. The van der Waals surface area contributed by atoms with Gasteiger partial charge in [0.05, 0.1) is 12.9 Å². The third kappa shape index (κ3) is 2.95. The Morgan fingerprint density at radius 2 is 2.31 bits per heavy atom. The van der Waals surface area contributed by atoms with Gasteiger partial charge in [-0.3, -0.25) is 14.5 Å². The second kappa shape index (κ2) is 7.22. The van der Waals surface area contributed by atoms with Crippen molar-refractivity contribution in [3.63, 3.8) is 0 Å². The lowest BCUT2D eigenvalue weighted by Crippen LogP contribution is -2.71. The molecular weight excluding hydrogens is 366 g/mol. The molecule has 0 aromatic carbocycles. The van der Waals surface area contributed by atoms with Gasteiger partial charge in [0.25, 0.3) is 11.8 Å². The van der Waals surface area contributed by atoms with E-state index in [-0.39, 0.29) is 28.5 Å². The lowest BCUT2D eigenvalue weighted by molar-refractivity contribution is -0.150. The first kappa shape index (κ1) is 18.0. The van der Waals surface area contributed by atoms with E-state index in [4.69, 9.17) is 4.42 Å². The molecule has 138 valence electrons. The maximum Gasteiger partial charge on any atom is 0.352 e. The SMILES string of the molecule is CO/N=C(/C(=O)NC1C(=O)N2C(C(=O)O)=C(CO)CSC12)c1ccco1. The lowest BCUT2D eigenvalue weighted by Gasteiger charge is -2.49. The zero-order valence-electron chi connectivity index (χ0n) is 13.5. The summed E-state index contributed by atoms with van der Waals surface area (Å²) in [7, 11) is 1.27. The minimum atomic E-state index is -1.30. The number of aliphatic hydroxyl groups is 1. The van der Waals surface area contributed by atoms with Gasteiger partial charge in [-0.1, -0.05) is 5.16 Å². The number of carboxylic acids is 1. The van der Waals surface area contributed by atoms with Crippen molar-refractivity contribution < 1.29 is 33.9 Å². The standard InChI is InChI=1S/C15H15N3O7S/c1-24-17-9(8-3-2-4-25-8)12(20)16-10-13(21)18-11(15(22)23)7(5-19)6-26-14(10)18/h2-4,10,14,19H,5-6H2,1H3,(H,16,20)(H,22,23)/b17-9+. The highest BCUT2D eigenvalue weighted by atomic mass is 32.2. The number of fused-ring (bicyclic) bond motifs is 1. The molecule has 1 aromatic heterocycles. The molecule has 1 saturated heterocycles. The number of hydrogen-bond acceptors (Lipinski definition) is 8. The summed E-state index contributed by atoms with van der Waals surface area (Å²) >= 11 is 1.26. The van der Waals surface area contributed by atoms with Crippen LogP contribution in [0.1, 0.15) is 5.76 Å². The molecule has 2 unspecified atom stereocenters. The Morgan fingerprint density at radius 3 is 2.88 bits per heavy atom. The molecular formula is C15H15N3O7S. The molecule has 11 heteroatoms. The number of carbonyl (C=O) groups is 3. The molecule has 0 saturated carbocycles. The van der Waals surface area contributed by atoms with Gasteiger partial charge in [0.15, 0.2) is 5.76 Å². The van der Waals surface area contributed by atoms with Gasteiger partial charge < -0.3 is 24.8 Å². The summed E-state index contributed by atoms with van der Waals surface area (Å²) in [5.74, 6) is -2.15. The van der Waals surface area contributed by atoms with Gasteiger partial charge in [-0.2, -0.15) is 0 Å². The van der Waals surface area contributed by atoms with E-state index in [1.165, 1.54) is 31.2 Å². The number of β-lactam (4-membered cyclic amide) rings is 1. The Hall–Kier alpha value is -2.79. The van der Waals surface area contributed by atoms with Crippen LogP contribution in [0.15, 0.2) is 39.2 Å². The van der Waals surface area contributed by atoms with E-state index < -0.39 is 35.8 Å². The number of aliphatic hydroxyl groups excluding tert-OH is 1. The van der Waals surface area contributed by atoms with E-state index in [2.05, 4.69) is 15.3 Å². The largest absolute Gasteiger partial charge is 0.477 e. The maximum absolute atomic E-state index is 12.5. The molecule has 3 rings (SSSR count). The average molecular weight is 381 g/mol. The summed E-state index contributed by atoms with van der Waals surface area (Å²) in [4.78, 5) is 42.0. The second-order valence-corrected chi connectivity index (χ2v) is 6.48. The van der Waals surface area contributed by atoms with Crippen LogP contribution in [0, 0.1) is 0 Å². The van der Waals surface area contributed by atoms with Crippen LogP contribution >= 0.6 is 11.8 Å². The first-order valence-corrected chi connectivity index (χ1v) is 8.51. The molecule has 3 N–H and O–H groups in total. The highest BCUT2D eigenvalue weighted by Crippen LogP contribution is 2.40. The average Bonchev–Trinajstić information content (AvgIpc) is 3.16. The number of aliphatic carboxylic acids is 1. The fraction of sp³-hybridized carbons (Fsp3) is 0.333. The minimum Gasteiger partial charge on any atom is -0.477 e. The van der Waals surface area contributed by atoms with Crippen LogP contribution in [0.25, 0.3) is 0 Å². The molecule has 1 aromatic rings. The van der Waals surface area contributed by atoms with Crippen molar-refractivity contribution in [2.45, 2.75) is 11.4 Å². The van der Waals surface area contributed by atoms with Crippen LogP contribution in [-0.4, -0.2) is 69.5 Å². The quantitative estimate of drug-likeness (QED) is 0.336. The normalized spacial score (nSPS) is 22.6. The van der Waals surface area contributed by atoms with E-state index in [1.54, 1.807) is 6.07 Å². The van der Waals surface area contributed by atoms with Gasteiger partial charge >= 0.3 is 5.97 Å². The zero-order chi connectivity index (χ0) is 18.8. The summed E-state index contributed by atoms with van der Waals surface area (Å²) in [6.45, 7) is -0.453. The van der Waals surface area contributed by atoms with Crippen LogP contribution in [0.3, 0.4) is 0 Å². The molecule has 2 aliphatic rings. The van der Waals surface area contributed by atoms with Gasteiger partial charge in [-0.05, 0) is 17.7 Å². The van der Waals surface area contributed by atoms with Crippen molar-refractivity contribution in [3.05, 3.63) is 35.4 Å². The molecule has 0 aliphatic carbocycles. The van der Waals surface area contributed by atoms with Crippen LogP contribution in [-0.2, 0) is 19.2 Å². The van der Waals surface area contributed by atoms with Crippen molar-refractivity contribution in [2.75, 3.05) is 19.5 Å². The Kier molecular flexibility index (Phi) is 5.00. The Balaban J connectivity index is 1.78. The molecule has 2 amide bonds. The first-order chi connectivity index (χ1) is 12.5. The van der Waals surface area contributed by atoms with Crippen LogP contribution < -0.4 is 5.32 Å². The Morgan fingerprint density at radius 1 is 1.54 bits per heavy atom. The van der Waals surface area contributed by atoms with Gasteiger partial charge in [-0.15, -0.1) is 11.8 Å². The van der Waals surface area contributed by atoms with Crippen molar-refractivity contribution in [2.24, 2.45) is 5.16 Å². The maximum atomic E-state index is 12.5. The third-order valence-corrected chi connectivity index (χ3v) is 5.22. The summed E-state index contributed by atoms with van der Waals surface area (Å²) in [6.07, 6.45) is 1.36. The number of furan rings is 1. The predicted octanol–water partition coefficient (Wildman–Crippen LogP) is -0.639. The molecule has 26 heavy (non-hydrogen) atoms. The number of amides is 2. The van der Waals surface area contributed by atoms with Gasteiger partial charge in [-0.25, -0.2) is 4.79 Å². The molecule has 1 fully saturated rings. The van der Waals surface area contributed by atoms with Crippen molar-refractivity contribution in [3.8, 4) is 0 Å². The van der Waals surface area contributed by atoms with E-state index >= 15 is 0 Å². The predicted molar refractivity (Wildman–Crippen MR) is 89.0 cm³/mol. The molecule has 10 nitrogen and oxygen atoms in total. The molecule has 0 radical (unpaired) electrons. The minimum absolute atomic E-state index is 0.144. The van der Waals surface area contributed by atoms with E-state index in [9.17, 15) is 24.6 Å².